The highest BCUT2D eigenvalue weighted by Crippen LogP contribution is 2.41. The van der Waals surface area contributed by atoms with Gasteiger partial charge in [-0.1, -0.05) is 54.6 Å². The average Bonchev–Trinajstić information content (AvgIpc) is 2.96. The number of nitrogens with one attached hydrogen (secondary N) is 2. The summed E-state index contributed by atoms with van der Waals surface area (Å²) in [6.45, 7) is 0.295. The summed E-state index contributed by atoms with van der Waals surface area (Å²) in [5, 5.41) is 2.79. The van der Waals surface area contributed by atoms with Gasteiger partial charge in [-0.15, -0.1) is 0 Å². The second-order valence-corrected chi connectivity index (χ2v) is 6.69. The Bertz CT molecular complexity index is 924. The Labute approximate surface area is 152 Å². The number of fused-ring (bicyclic) bond motifs is 3. The first kappa shape index (κ1) is 16.5. The minimum Gasteiger partial charge on any atom is -0.321 e. The van der Waals surface area contributed by atoms with Gasteiger partial charge in [-0.05, 0) is 29.3 Å². The van der Waals surface area contributed by atoms with Crippen molar-refractivity contribution in [1.82, 2.24) is 0 Å². The Kier molecular flexibility index (Phi) is 4.27. The zero-order chi connectivity index (χ0) is 18.1. The third-order valence-corrected chi connectivity index (χ3v) is 4.87. The molecule has 130 valence electrons. The lowest BCUT2D eigenvalue weighted by molar-refractivity contribution is -0.897. The average molecular weight is 347 g/mol. The molecule has 3 aromatic carbocycles. The molecule has 0 bridgehead atoms. The summed E-state index contributed by atoms with van der Waals surface area (Å²) in [4.78, 5) is 13.5. The Hall–Kier alpha value is -2.98. The van der Waals surface area contributed by atoms with Gasteiger partial charge in [0.1, 0.15) is 11.9 Å². The lowest BCUT2D eigenvalue weighted by atomic mass is 10.0. The maximum atomic E-state index is 13.3. The van der Waals surface area contributed by atoms with Crippen LogP contribution < -0.4 is 10.2 Å². The van der Waals surface area contributed by atoms with E-state index in [-0.39, 0.29) is 17.8 Å². The molecule has 1 amide bonds. The van der Waals surface area contributed by atoms with Crippen LogP contribution in [-0.4, -0.2) is 19.5 Å². The molecule has 1 aliphatic rings. The van der Waals surface area contributed by atoms with Gasteiger partial charge in [0.05, 0.1) is 7.05 Å². The van der Waals surface area contributed by atoms with Crippen LogP contribution in [0.5, 0.6) is 0 Å². The van der Waals surface area contributed by atoms with E-state index in [1.165, 1.54) is 34.4 Å². The number of hydrogen-bond acceptors (Lipinski definition) is 1. The predicted octanol–water partition coefficient (Wildman–Crippen LogP) is 3.05. The highest BCUT2D eigenvalue weighted by atomic mass is 19.1. The number of anilines is 1. The highest BCUT2D eigenvalue weighted by Gasteiger charge is 2.34. The van der Waals surface area contributed by atoms with E-state index in [9.17, 15) is 9.18 Å². The number of benzene rings is 3. The molecule has 0 saturated carbocycles. The number of carbonyl (C=O) groups excluding carboxylic acids is 1. The van der Waals surface area contributed by atoms with Crippen molar-refractivity contribution >= 4 is 11.6 Å². The molecule has 0 fully saturated rings. The largest absolute Gasteiger partial charge is 0.321 e. The summed E-state index contributed by atoms with van der Waals surface area (Å²) < 4.78 is 13.3. The second-order valence-electron chi connectivity index (χ2n) is 6.69. The lowest BCUT2D eigenvalue weighted by Gasteiger charge is -2.22. The summed E-state index contributed by atoms with van der Waals surface area (Å²) in [6, 6.07) is 22.8. The fourth-order valence-electron chi connectivity index (χ4n) is 3.81. The van der Waals surface area contributed by atoms with Crippen LogP contribution in [0.3, 0.4) is 0 Å². The van der Waals surface area contributed by atoms with Gasteiger partial charge in [-0.25, -0.2) is 4.39 Å². The van der Waals surface area contributed by atoms with E-state index < -0.39 is 0 Å². The molecule has 0 spiro atoms. The molecule has 3 aromatic rings. The molecule has 0 heterocycles. The second kappa shape index (κ2) is 6.73. The van der Waals surface area contributed by atoms with Gasteiger partial charge in [0.15, 0.2) is 6.54 Å². The van der Waals surface area contributed by atoms with E-state index in [0.717, 1.165) is 4.90 Å². The molecule has 1 unspecified atom stereocenters. The molecular formula is C22H20FN2O+. The molecule has 1 atom stereocenters. The van der Waals surface area contributed by atoms with Crippen LogP contribution in [0.1, 0.15) is 17.2 Å². The highest BCUT2D eigenvalue weighted by molar-refractivity contribution is 5.91. The van der Waals surface area contributed by atoms with Crippen LogP contribution in [-0.2, 0) is 4.79 Å². The lowest BCUT2D eigenvalue weighted by Crippen LogP contribution is -3.10. The van der Waals surface area contributed by atoms with Crippen molar-refractivity contribution in [3.63, 3.8) is 0 Å². The van der Waals surface area contributed by atoms with Crippen LogP contribution in [0.25, 0.3) is 11.1 Å². The van der Waals surface area contributed by atoms with E-state index in [1.54, 1.807) is 12.1 Å². The van der Waals surface area contributed by atoms with Crippen molar-refractivity contribution in [2.75, 3.05) is 18.9 Å². The predicted molar refractivity (Wildman–Crippen MR) is 101 cm³/mol. The molecule has 3 nitrogen and oxygen atoms in total. The molecule has 4 heteroatoms. The number of amides is 1. The smallest absolute Gasteiger partial charge is 0.279 e. The van der Waals surface area contributed by atoms with Crippen LogP contribution in [0.2, 0.25) is 0 Å². The van der Waals surface area contributed by atoms with E-state index >= 15 is 0 Å². The first-order valence-corrected chi connectivity index (χ1v) is 8.69. The van der Waals surface area contributed by atoms with Crippen LogP contribution in [0.15, 0.2) is 72.8 Å². The maximum absolute atomic E-state index is 13.3. The topological polar surface area (TPSA) is 33.5 Å². The monoisotopic (exact) mass is 347 g/mol. The summed E-state index contributed by atoms with van der Waals surface area (Å²) in [5.41, 5.74) is 5.43. The Balaban J connectivity index is 1.56. The number of rotatable bonds is 4. The van der Waals surface area contributed by atoms with Gasteiger partial charge in [0.2, 0.25) is 0 Å². The summed E-state index contributed by atoms with van der Waals surface area (Å²) in [6.07, 6.45) is 0. The van der Waals surface area contributed by atoms with Crippen molar-refractivity contribution in [2.24, 2.45) is 0 Å². The SMILES string of the molecule is C[NH+](CC(=O)Nc1cccc(F)c1)C1c2ccccc2-c2ccccc21. The number of quaternary nitrogens is 1. The van der Waals surface area contributed by atoms with Crippen molar-refractivity contribution in [3.8, 4) is 11.1 Å². The molecule has 0 aromatic heterocycles. The quantitative estimate of drug-likeness (QED) is 0.747. The third-order valence-electron chi connectivity index (χ3n) is 4.87. The summed E-state index contributed by atoms with van der Waals surface area (Å²) in [5.74, 6) is -0.489. The van der Waals surface area contributed by atoms with Crippen molar-refractivity contribution < 1.29 is 14.1 Å². The van der Waals surface area contributed by atoms with E-state index in [2.05, 4.69) is 29.6 Å². The molecule has 2 N–H and O–H groups in total. The van der Waals surface area contributed by atoms with Gasteiger partial charge in [-0.3, -0.25) is 4.79 Å². The van der Waals surface area contributed by atoms with Gasteiger partial charge in [0.25, 0.3) is 5.91 Å². The molecule has 0 aliphatic heterocycles. The first-order valence-electron chi connectivity index (χ1n) is 8.69. The Morgan fingerprint density at radius 2 is 1.58 bits per heavy atom. The fourth-order valence-corrected chi connectivity index (χ4v) is 3.81. The first-order chi connectivity index (χ1) is 12.6. The fraction of sp³-hybridized carbons (Fsp3) is 0.136. The number of halogens is 1. The minimum absolute atomic E-state index is 0.112. The standard InChI is InChI=1S/C22H19FN2O/c1-25(14-21(26)24-16-8-6-7-15(23)13-16)22-19-11-4-2-9-17(19)18-10-3-5-12-20(18)22/h2-13,22H,14H2,1H3,(H,24,26)/p+1. The number of hydrogen-bond donors (Lipinski definition) is 2. The molecule has 26 heavy (non-hydrogen) atoms. The van der Waals surface area contributed by atoms with E-state index in [4.69, 9.17) is 0 Å². The van der Waals surface area contributed by atoms with Gasteiger partial charge in [0, 0.05) is 16.8 Å². The maximum Gasteiger partial charge on any atom is 0.279 e. The van der Waals surface area contributed by atoms with Crippen LogP contribution in [0.4, 0.5) is 10.1 Å². The molecule has 0 saturated heterocycles. The van der Waals surface area contributed by atoms with Gasteiger partial charge >= 0.3 is 0 Å². The van der Waals surface area contributed by atoms with Gasteiger partial charge in [-0.2, -0.15) is 0 Å². The normalized spacial score (nSPS) is 13.8. The minimum atomic E-state index is -0.359. The Morgan fingerprint density at radius 3 is 2.19 bits per heavy atom. The van der Waals surface area contributed by atoms with Crippen molar-refractivity contribution in [1.29, 1.82) is 0 Å². The molecule has 4 rings (SSSR count). The zero-order valence-electron chi connectivity index (χ0n) is 14.5. The van der Waals surface area contributed by atoms with Crippen molar-refractivity contribution in [3.05, 3.63) is 89.7 Å². The van der Waals surface area contributed by atoms with Crippen molar-refractivity contribution in [2.45, 2.75) is 6.04 Å². The third kappa shape index (κ3) is 3.00. The Morgan fingerprint density at radius 1 is 0.962 bits per heavy atom. The van der Waals surface area contributed by atoms with Gasteiger partial charge < -0.3 is 10.2 Å². The van der Waals surface area contributed by atoms with E-state index in [0.29, 0.717) is 12.2 Å². The van der Waals surface area contributed by atoms with Crippen LogP contribution >= 0.6 is 0 Å². The summed E-state index contributed by atoms with van der Waals surface area (Å²) >= 11 is 0. The molecule has 0 radical (unpaired) electrons. The molecule has 1 aliphatic carbocycles. The molecular weight excluding hydrogens is 327 g/mol. The summed E-state index contributed by atoms with van der Waals surface area (Å²) in [7, 11) is 2.02. The van der Waals surface area contributed by atoms with E-state index in [1.807, 2.05) is 31.3 Å². The zero-order valence-corrected chi connectivity index (χ0v) is 14.5. The van der Waals surface area contributed by atoms with Crippen LogP contribution in [0, 0.1) is 5.82 Å². The number of carbonyl (C=O) groups is 1. The number of likely N-dealkylation sites (N-methyl/N-ethyl adjacent to an activating group) is 1.